The zero-order valence-corrected chi connectivity index (χ0v) is 14.4. The van der Waals surface area contributed by atoms with E-state index in [9.17, 15) is 9.59 Å². The van der Waals surface area contributed by atoms with E-state index in [-0.39, 0.29) is 11.9 Å². The molecular formula is C17H21N3O3S. The third-order valence-corrected chi connectivity index (χ3v) is 5.04. The highest BCUT2D eigenvalue weighted by molar-refractivity contribution is 8.00. The molecule has 1 saturated carbocycles. The maximum atomic E-state index is 12.2. The quantitative estimate of drug-likeness (QED) is 0.827. The average molecular weight is 347 g/mol. The number of nitrogens with one attached hydrogen (secondary N) is 2. The number of para-hydroxylation sites is 2. The summed E-state index contributed by atoms with van der Waals surface area (Å²) in [5.41, 5.74) is 1.44. The second-order valence-electron chi connectivity index (χ2n) is 6.01. The molecule has 7 heteroatoms. The summed E-state index contributed by atoms with van der Waals surface area (Å²) >= 11 is 1.20. The highest BCUT2D eigenvalue weighted by atomic mass is 32.2. The molecule has 1 aliphatic rings. The number of imide groups is 1. The van der Waals surface area contributed by atoms with Gasteiger partial charge in [-0.2, -0.15) is 0 Å². The van der Waals surface area contributed by atoms with Crippen LogP contribution in [0.3, 0.4) is 0 Å². The minimum atomic E-state index is -0.477. The van der Waals surface area contributed by atoms with Crippen LogP contribution in [-0.2, 0) is 4.79 Å². The number of hydrogen-bond acceptors (Lipinski definition) is 5. The topological polar surface area (TPSA) is 84.2 Å². The van der Waals surface area contributed by atoms with Gasteiger partial charge in [-0.1, -0.05) is 43.2 Å². The lowest BCUT2D eigenvalue weighted by Crippen LogP contribution is -2.47. The Morgan fingerprint density at radius 3 is 2.75 bits per heavy atom. The van der Waals surface area contributed by atoms with E-state index < -0.39 is 11.3 Å². The highest BCUT2D eigenvalue weighted by Crippen LogP contribution is 2.26. The first-order valence-corrected chi connectivity index (χ1v) is 9.13. The normalized spacial score (nSPS) is 16.7. The summed E-state index contributed by atoms with van der Waals surface area (Å²) in [6.45, 7) is 1.72. The highest BCUT2D eigenvalue weighted by Gasteiger charge is 2.22. The van der Waals surface area contributed by atoms with Crippen molar-refractivity contribution in [3.05, 3.63) is 24.3 Å². The van der Waals surface area contributed by atoms with E-state index in [1.165, 1.54) is 18.2 Å². The monoisotopic (exact) mass is 347 g/mol. The number of rotatable bonds is 4. The summed E-state index contributed by atoms with van der Waals surface area (Å²) < 4.78 is 5.59. The molecule has 1 fully saturated rings. The van der Waals surface area contributed by atoms with Gasteiger partial charge in [0.05, 0.1) is 5.25 Å². The summed E-state index contributed by atoms with van der Waals surface area (Å²) in [7, 11) is 0. The standard InChI is InChI=1S/C17H21N3O3S/c1-11(24-17-19-13-9-5-6-10-14(13)23-17)15(21)20-16(22)18-12-7-3-2-4-8-12/h5-6,9-12H,2-4,7-8H2,1H3,(H2,18,20,21,22)/t11-/m0/s1. The van der Waals surface area contributed by atoms with Crippen LogP contribution in [0.1, 0.15) is 39.0 Å². The van der Waals surface area contributed by atoms with Gasteiger partial charge in [0.15, 0.2) is 5.58 Å². The lowest BCUT2D eigenvalue weighted by atomic mass is 9.96. The summed E-state index contributed by atoms with van der Waals surface area (Å²) in [6.07, 6.45) is 5.44. The zero-order chi connectivity index (χ0) is 16.9. The number of carbonyl (C=O) groups is 2. The molecule has 0 radical (unpaired) electrons. The lowest BCUT2D eigenvalue weighted by Gasteiger charge is -2.22. The number of fused-ring (bicyclic) bond motifs is 1. The first-order chi connectivity index (χ1) is 11.6. The van der Waals surface area contributed by atoms with Crippen LogP contribution >= 0.6 is 11.8 Å². The number of aromatic nitrogens is 1. The largest absolute Gasteiger partial charge is 0.431 e. The van der Waals surface area contributed by atoms with Crippen LogP contribution in [0, 0.1) is 0 Å². The third-order valence-electron chi connectivity index (χ3n) is 4.10. The molecule has 3 rings (SSSR count). The number of hydrogen-bond donors (Lipinski definition) is 2. The Kier molecular flexibility index (Phi) is 5.40. The molecule has 0 spiro atoms. The van der Waals surface area contributed by atoms with Crippen LogP contribution < -0.4 is 10.6 Å². The van der Waals surface area contributed by atoms with Gasteiger partial charge in [-0.3, -0.25) is 10.1 Å². The molecule has 0 unspecified atom stereocenters. The van der Waals surface area contributed by atoms with E-state index in [4.69, 9.17) is 4.42 Å². The fourth-order valence-corrected chi connectivity index (χ4v) is 3.55. The predicted octanol–water partition coefficient (Wildman–Crippen LogP) is 3.47. The van der Waals surface area contributed by atoms with Crippen molar-refractivity contribution in [3.8, 4) is 0 Å². The number of nitrogens with zero attached hydrogens (tertiary/aromatic N) is 1. The van der Waals surface area contributed by atoms with Crippen molar-refractivity contribution in [2.45, 2.75) is 55.5 Å². The lowest BCUT2D eigenvalue weighted by molar-refractivity contribution is -0.119. The van der Waals surface area contributed by atoms with Gasteiger partial charge in [-0.15, -0.1) is 0 Å². The van der Waals surface area contributed by atoms with Crippen LogP contribution in [0.25, 0.3) is 11.1 Å². The van der Waals surface area contributed by atoms with Crippen molar-refractivity contribution < 1.29 is 14.0 Å². The molecule has 1 aromatic carbocycles. The van der Waals surface area contributed by atoms with E-state index in [1.807, 2.05) is 24.3 Å². The molecule has 2 aromatic rings. The number of oxazole rings is 1. The molecule has 1 atom stereocenters. The molecule has 128 valence electrons. The average Bonchev–Trinajstić information content (AvgIpc) is 2.97. The van der Waals surface area contributed by atoms with Crippen molar-refractivity contribution in [2.24, 2.45) is 0 Å². The zero-order valence-electron chi connectivity index (χ0n) is 13.6. The predicted molar refractivity (Wildman–Crippen MR) is 92.9 cm³/mol. The Bertz CT molecular complexity index is 692. The molecule has 2 N–H and O–H groups in total. The molecule has 1 heterocycles. The SMILES string of the molecule is C[C@H](Sc1nc2ccccc2o1)C(=O)NC(=O)NC1CCCCC1. The van der Waals surface area contributed by atoms with Gasteiger partial charge in [-0.05, 0) is 31.9 Å². The minimum Gasteiger partial charge on any atom is -0.431 e. The van der Waals surface area contributed by atoms with Gasteiger partial charge >= 0.3 is 6.03 Å². The Morgan fingerprint density at radius 1 is 1.25 bits per heavy atom. The molecule has 1 aliphatic carbocycles. The summed E-state index contributed by atoms with van der Waals surface area (Å²) in [5.74, 6) is -0.351. The molecule has 24 heavy (non-hydrogen) atoms. The number of carbonyl (C=O) groups excluding carboxylic acids is 2. The Hall–Kier alpha value is -2.02. The van der Waals surface area contributed by atoms with Gasteiger partial charge in [0, 0.05) is 6.04 Å². The molecule has 0 aliphatic heterocycles. The number of thioether (sulfide) groups is 1. The van der Waals surface area contributed by atoms with Crippen LogP contribution in [0.15, 0.2) is 33.9 Å². The van der Waals surface area contributed by atoms with E-state index in [0.29, 0.717) is 10.8 Å². The maximum absolute atomic E-state index is 12.2. The molecule has 1 aromatic heterocycles. The van der Waals surface area contributed by atoms with Crippen LogP contribution in [0.2, 0.25) is 0 Å². The Labute approximate surface area is 144 Å². The van der Waals surface area contributed by atoms with E-state index >= 15 is 0 Å². The fraction of sp³-hybridized carbons (Fsp3) is 0.471. The Morgan fingerprint density at radius 2 is 2.00 bits per heavy atom. The van der Waals surface area contributed by atoms with E-state index in [2.05, 4.69) is 15.6 Å². The number of amides is 3. The van der Waals surface area contributed by atoms with Gasteiger partial charge < -0.3 is 9.73 Å². The summed E-state index contributed by atoms with van der Waals surface area (Å²) in [6, 6.07) is 7.18. The second-order valence-corrected chi connectivity index (χ2v) is 7.30. The van der Waals surface area contributed by atoms with Gasteiger partial charge in [0.25, 0.3) is 5.22 Å². The van der Waals surface area contributed by atoms with Gasteiger partial charge in [-0.25, -0.2) is 9.78 Å². The van der Waals surface area contributed by atoms with Crippen molar-refractivity contribution in [3.63, 3.8) is 0 Å². The molecular weight excluding hydrogens is 326 g/mol. The smallest absolute Gasteiger partial charge is 0.321 e. The fourth-order valence-electron chi connectivity index (χ4n) is 2.79. The van der Waals surface area contributed by atoms with Gasteiger partial charge in [0.2, 0.25) is 5.91 Å². The molecule has 3 amide bonds. The van der Waals surface area contributed by atoms with Crippen molar-refractivity contribution in [2.75, 3.05) is 0 Å². The van der Waals surface area contributed by atoms with Gasteiger partial charge in [0.1, 0.15) is 5.52 Å². The summed E-state index contributed by atoms with van der Waals surface area (Å²) in [5, 5.41) is 5.22. The van der Waals surface area contributed by atoms with Crippen LogP contribution in [0.5, 0.6) is 0 Å². The third kappa shape index (κ3) is 4.29. The second kappa shape index (κ2) is 7.70. The molecule has 6 nitrogen and oxygen atoms in total. The van der Waals surface area contributed by atoms with E-state index in [0.717, 1.165) is 31.2 Å². The first kappa shape index (κ1) is 16.8. The molecule has 0 bridgehead atoms. The van der Waals surface area contributed by atoms with E-state index in [1.54, 1.807) is 6.92 Å². The van der Waals surface area contributed by atoms with Crippen LogP contribution in [-0.4, -0.2) is 28.2 Å². The number of urea groups is 1. The van der Waals surface area contributed by atoms with Crippen LogP contribution in [0.4, 0.5) is 4.79 Å². The number of benzene rings is 1. The molecule has 0 saturated heterocycles. The van der Waals surface area contributed by atoms with Crippen molar-refractivity contribution in [1.29, 1.82) is 0 Å². The Balaban J connectivity index is 1.51. The minimum absolute atomic E-state index is 0.173. The summed E-state index contributed by atoms with van der Waals surface area (Å²) in [4.78, 5) is 28.4. The van der Waals surface area contributed by atoms with Crippen molar-refractivity contribution in [1.82, 2.24) is 15.6 Å². The first-order valence-electron chi connectivity index (χ1n) is 8.25. The maximum Gasteiger partial charge on any atom is 0.321 e. The van der Waals surface area contributed by atoms with Crippen molar-refractivity contribution >= 4 is 34.8 Å².